The molecule has 1 amide bonds. The van der Waals surface area contributed by atoms with Crippen LogP contribution >= 0.6 is 0 Å². The lowest BCUT2D eigenvalue weighted by atomic mass is 9.68. The number of dihydropyridines is 1. The summed E-state index contributed by atoms with van der Waals surface area (Å²) in [6, 6.07) is 8.51. The van der Waals surface area contributed by atoms with E-state index in [1.807, 2.05) is 13.8 Å². The Balaban J connectivity index is 1.80. The van der Waals surface area contributed by atoms with Gasteiger partial charge < -0.3 is 10.6 Å². The minimum absolute atomic E-state index is 0.0937. The molecule has 1 atom stereocenters. The third-order valence-corrected chi connectivity index (χ3v) is 5.87. The van der Waals surface area contributed by atoms with E-state index in [9.17, 15) is 22.8 Å². The first-order valence-electron chi connectivity index (χ1n) is 10.3. The predicted octanol–water partition coefficient (Wildman–Crippen LogP) is 5.35. The van der Waals surface area contributed by atoms with E-state index in [1.165, 1.54) is 12.1 Å². The van der Waals surface area contributed by atoms with Crippen molar-refractivity contribution in [3.63, 3.8) is 0 Å². The Labute approximate surface area is 184 Å². The number of amides is 1. The molecular formula is C25H23F3N2O2. The number of carbonyl (C=O) groups excluding carboxylic acids is 2. The largest absolute Gasteiger partial charge is 0.362 e. The monoisotopic (exact) mass is 440 g/mol. The third kappa shape index (κ3) is 4.07. The van der Waals surface area contributed by atoms with Gasteiger partial charge >= 0.3 is 0 Å². The summed E-state index contributed by atoms with van der Waals surface area (Å²) < 4.78 is 41.0. The number of anilines is 1. The van der Waals surface area contributed by atoms with Crippen molar-refractivity contribution in [2.45, 2.75) is 39.5 Å². The van der Waals surface area contributed by atoms with E-state index >= 15 is 0 Å². The van der Waals surface area contributed by atoms with Gasteiger partial charge in [0.2, 0.25) is 0 Å². The van der Waals surface area contributed by atoms with Crippen LogP contribution < -0.4 is 10.6 Å². The molecular weight excluding hydrogens is 417 g/mol. The van der Waals surface area contributed by atoms with Crippen LogP contribution in [0, 0.1) is 22.9 Å². The number of carbonyl (C=O) groups is 2. The lowest BCUT2D eigenvalue weighted by Crippen LogP contribution is -2.39. The summed E-state index contributed by atoms with van der Waals surface area (Å²) in [6.45, 7) is 5.71. The molecule has 2 aromatic carbocycles. The van der Waals surface area contributed by atoms with E-state index in [2.05, 4.69) is 10.6 Å². The van der Waals surface area contributed by atoms with Gasteiger partial charge in [0.1, 0.15) is 17.5 Å². The van der Waals surface area contributed by atoms with Gasteiger partial charge in [-0.3, -0.25) is 9.59 Å². The fourth-order valence-electron chi connectivity index (χ4n) is 4.51. The zero-order chi connectivity index (χ0) is 23.2. The molecule has 2 N–H and O–H groups in total. The summed E-state index contributed by atoms with van der Waals surface area (Å²) in [5.41, 5.74) is 2.11. The number of hydrogen-bond acceptors (Lipinski definition) is 3. The van der Waals surface area contributed by atoms with Crippen molar-refractivity contribution in [1.29, 1.82) is 0 Å². The van der Waals surface area contributed by atoms with E-state index < -0.39 is 29.3 Å². The number of Topliss-reactive ketones (excluding diaryl/α,β-unsaturated/α-hetero) is 1. The average Bonchev–Trinajstić information content (AvgIpc) is 2.68. The van der Waals surface area contributed by atoms with Crippen LogP contribution in [-0.4, -0.2) is 11.7 Å². The second-order valence-electron chi connectivity index (χ2n) is 9.06. The minimum atomic E-state index is -0.908. The maximum atomic E-state index is 14.2. The van der Waals surface area contributed by atoms with Gasteiger partial charge in [0.05, 0.1) is 5.69 Å². The summed E-state index contributed by atoms with van der Waals surface area (Å²) in [5, 5.41) is 5.69. The zero-order valence-corrected chi connectivity index (χ0v) is 18.0. The van der Waals surface area contributed by atoms with Crippen LogP contribution in [0.5, 0.6) is 0 Å². The number of hydrogen-bond donors (Lipinski definition) is 2. The fourth-order valence-corrected chi connectivity index (χ4v) is 4.51. The highest BCUT2D eigenvalue weighted by atomic mass is 19.1. The van der Waals surface area contributed by atoms with E-state index in [0.717, 1.165) is 17.8 Å². The molecule has 0 spiro atoms. The first-order chi connectivity index (χ1) is 15.1. The molecule has 7 heteroatoms. The third-order valence-electron chi connectivity index (χ3n) is 5.87. The Morgan fingerprint density at radius 1 is 1.03 bits per heavy atom. The molecule has 2 aliphatic rings. The molecule has 1 heterocycles. The summed E-state index contributed by atoms with van der Waals surface area (Å²) in [5.74, 6) is -3.56. The summed E-state index contributed by atoms with van der Waals surface area (Å²) in [6.07, 6.45) is 0.927. The number of halogens is 3. The maximum Gasteiger partial charge on any atom is 0.254 e. The molecule has 4 nitrogen and oxygen atoms in total. The van der Waals surface area contributed by atoms with Gasteiger partial charge in [-0.15, -0.1) is 0 Å². The molecule has 1 aliphatic heterocycles. The highest BCUT2D eigenvalue weighted by molar-refractivity contribution is 6.10. The van der Waals surface area contributed by atoms with Gasteiger partial charge in [0.25, 0.3) is 5.91 Å². The van der Waals surface area contributed by atoms with Gasteiger partial charge in [-0.2, -0.15) is 0 Å². The number of ketones is 1. The van der Waals surface area contributed by atoms with Crippen LogP contribution in [-0.2, 0) is 9.59 Å². The summed E-state index contributed by atoms with van der Waals surface area (Å²) in [4.78, 5) is 26.5. The van der Waals surface area contributed by atoms with Gasteiger partial charge in [0, 0.05) is 40.9 Å². The van der Waals surface area contributed by atoms with Gasteiger partial charge in [-0.05, 0) is 48.6 Å². The number of rotatable bonds is 3. The molecule has 166 valence electrons. The second kappa shape index (κ2) is 7.97. The Morgan fingerprint density at radius 3 is 2.34 bits per heavy atom. The minimum Gasteiger partial charge on any atom is -0.362 e. The molecule has 0 bridgehead atoms. The molecule has 0 fully saturated rings. The molecule has 4 rings (SSSR count). The van der Waals surface area contributed by atoms with Crippen LogP contribution in [0.3, 0.4) is 0 Å². The van der Waals surface area contributed by atoms with Crippen LogP contribution in [0.15, 0.2) is 65.0 Å². The molecule has 0 aromatic heterocycles. The van der Waals surface area contributed by atoms with E-state index in [4.69, 9.17) is 0 Å². The van der Waals surface area contributed by atoms with Crippen molar-refractivity contribution in [2.24, 2.45) is 5.41 Å². The van der Waals surface area contributed by atoms with E-state index in [1.54, 1.807) is 19.1 Å². The van der Waals surface area contributed by atoms with Crippen molar-refractivity contribution in [1.82, 2.24) is 5.32 Å². The van der Waals surface area contributed by atoms with Crippen LogP contribution in [0.4, 0.5) is 18.9 Å². The Kier molecular flexibility index (Phi) is 5.44. The number of nitrogens with one attached hydrogen (secondary N) is 2. The maximum absolute atomic E-state index is 14.2. The Hall–Kier alpha value is -3.35. The highest BCUT2D eigenvalue weighted by Gasteiger charge is 2.42. The Morgan fingerprint density at radius 2 is 1.69 bits per heavy atom. The van der Waals surface area contributed by atoms with Crippen molar-refractivity contribution in [2.75, 3.05) is 5.32 Å². The van der Waals surface area contributed by atoms with Crippen LogP contribution in [0.2, 0.25) is 0 Å². The first-order valence-corrected chi connectivity index (χ1v) is 10.3. The topological polar surface area (TPSA) is 58.2 Å². The summed E-state index contributed by atoms with van der Waals surface area (Å²) in [7, 11) is 0. The van der Waals surface area contributed by atoms with Gasteiger partial charge in [-0.25, -0.2) is 13.2 Å². The second-order valence-corrected chi connectivity index (χ2v) is 9.06. The standard InChI is InChI=1S/C25H23F3N2O2/c1-13-21(24(32)30-18-9-8-16(27)10-17(18)28)22(14-4-6-15(26)7-5-14)23-19(29-13)11-25(2,3)12-20(23)31/h4-10,22,29H,11-12H2,1-3H3,(H,30,32). The normalized spacial score (nSPS) is 20.1. The SMILES string of the molecule is CC1=C(C(=O)Nc2ccc(F)cc2F)C(c2ccc(F)cc2)C2=C(CC(C)(C)CC2=O)N1. The van der Waals surface area contributed by atoms with E-state index in [-0.39, 0.29) is 22.5 Å². The molecule has 1 unspecified atom stereocenters. The van der Waals surface area contributed by atoms with Crippen molar-refractivity contribution < 1.29 is 22.8 Å². The van der Waals surface area contributed by atoms with E-state index in [0.29, 0.717) is 35.7 Å². The van der Waals surface area contributed by atoms with Gasteiger partial charge in [0.15, 0.2) is 5.78 Å². The molecule has 0 saturated carbocycles. The lowest BCUT2D eigenvalue weighted by molar-refractivity contribution is -0.118. The quantitative estimate of drug-likeness (QED) is 0.677. The Bertz CT molecular complexity index is 1180. The van der Waals surface area contributed by atoms with Gasteiger partial charge in [-0.1, -0.05) is 26.0 Å². The molecule has 0 saturated heterocycles. The van der Waals surface area contributed by atoms with Crippen LogP contribution in [0.1, 0.15) is 45.1 Å². The first kappa shape index (κ1) is 21.9. The summed E-state index contributed by atoms with van der Waals surface area (Å²) >= 11 is 0. The molecule has 2 aromatic rings. The zero-order valence-electron chi connectivity index (χ0n) is 18.0. The molecule has 0 radical (unpaired) electrons. The lowest BCUT2D eigenvalue weighted by Gasteiger charge is -2.39. The predicted molar refractivity (Wildman–Crippen MR) is 115 cm³/mol. The van der Waals surface area contributed by atoms with Crippen LogP contribution in [0.25, 0.3) is 0 Å². The molecule has 1 aliphatic carbocycles. The number of benzene rings is 2. The highest BCUT2D eigenvalue weighted by Crippen LogP contribution is 2.46. The molecule has 32 heavy (non-hydrogen) atoms. The fraction of sp³-hybridized carbons (Fsp3) is 0.280. The number of allylic oxidation sites excluding steroid dienone is 3. The van der Waals surface area contributed by atoms with Crippen molar-refractivity contribution in [3.8, 4) is 0 Å². The van der Waals surface area contributed by atoms with Crippen molar-refractivity contribution >= 4 is 17.4 Å². The average molecular weight is 440 g/mol. The smallest absolute Gasteiger partial charge is 0.254 e. The van der Waals surface area contributed by atoms with Crippen molar-refractivity contribution in [3.05, 3.63) is 88.0 Å².